The molecule has 2 unspecified atom stereocenters. The molecule has 3 fully saturated rings. The van der Waals surface area contributed by atoms with Crippen LogP contribution in [-0.2, 0) is 0 Å². The highest BCUT2D eigenvalue weighted by molar-refractivity contribution is 4.87. The Bertz CT molecular complexity index is 283. The molecule has 0 aromatic heterocycles. The molecular formula is C18H34N2. The molecular weight excluding hydrogens is 244 g/mol. The molecule has 0 bridgehead atoms. The highest BCUT2D eigenvalue weighted by Crippen LogP contribution is 2.35. The third-order valence-electron chi connectivity index (χ3n) is 6.37. The summed E-state index contributed by atoms with van der Waals surface area (Å²) in [4.78, 5) is 2.88. The second kappa shape index (κ2) is 7.26. The van der Waals surface area contributed by atoms with Crippen LogP contribution < -0.4 is 5.32 Å². The third-order valence-corrected chi connectivity index (χ3v) is 6.37. The molecule has 20 heavy (non-hydrogen) atoms. The van der Waals surface area contributed by atoms with Crippen LogP contribution in [0.15, 0.2) is 0 Å². The summed E-state index contributed by atoms with van der Waals surface area (Å²) in [6.45, 7) is 7.78. The number of hydrogen-bond acceptors (Lipinski definition) is 2. The topological polar surface area (TPSA) is 15.3 Å². The first-order valence-corrected chi connectivity index (χ1v) is 9.29. The number of hydrogen-bond donors (Lipinski definition) is 1. The van der Waals surface area contributed by atoms with Crippen molar-refractivity contribution in [2.45, 2.75) is 70.8 Å². The number of rotatable bonds is 4. The van der Waals surface area contributed by atoms with E-state index in [-0.39, 0.29) is 0 Å². The van der Waals surface area contributed by atoms with Gasteiger partial charge in [-0.05, 0) is 88.9 Å². The summed E-state index contributed by atoms with van der Waals surface area (Å²) in [5, 5.41) is 3.59. The molecule has 1 N–H and O–H groups in total. The quantitative estimate of drug-likeness (QED) is 0.844. The van der Waals surface area contributed by atoms with E-state index in [0.717, 1.165) is 23.8 Å². The molecule has 0 spiro atoms. The van der Waals surface area contributed by atoms with Gasteiger partial charge < -0.3 is 10.2 Å². The van der Waals surface area contributed by atoms with Gasteiger partial charge in [-0.25, -0.2) is 0 Å². The van der Waals surface area contributed by atoms with Gasteiger partial charge in [-0.3, -0.25) is 0 Å². The average Bonchev–Trinajstić information content (AvgIpc) is 2.53. The van der Waals surface area contributed by atoms with Crippen molar-refractivity contribution in [3.05, 3.63) is 0 Å². The highest BCUT2D eigenvalue weighted by Gasteiger charge is 2.33. The van der Waals surface area contributed by atoms with Crippen LogP contribution in [0, 0.1) is 17.8 Å². The first-order chi connectivity index (χ1) is 9.84. The van der Waals surface area contributed by atoms with Gasteiger partial charge in [-0.15, -0.1) is 0 Å². The lowest BCUT2D eigenvalue weighted by Crippen LogP contribution is -2.47. The average molecular weight is 278 g/mol. The van der Waals surface area contributed by atoms with E-state index in [9.17, 15) is 0 Å². The van der Waals surface area contributed by atoms with Crippen molar-refractivity contribution in [2.75, 3.05) is 26.2 Å². The van der Waals surface area contributed by atoms with E-state index in [1.54, 1.807) is 0 Å². The van der Waals surface area contributed by atoms with E-state index >= 15 is 0 Å². The molecule has 3 aliphatic rings. The Labute approximate surface area is 125 Å². The Morgan fingerprint density at radius 1 is 1.05 bits per heavy atom. The van der Waals surface area contributed by atoms with Gasteiger partial charge in [0.2, 0.25) is 0 Å². The molecule has 2 heteroatoms. The summed E-state index contributed by atoms with van der Waals surface area (Å²) in [5.74, 6) is 2.90. The van der Waals surface area contributed by atoms with Gasteiger partial charge in [0.1, 0.15) is 0 Å². The van der Waals surface area contributed by atoms with Gasteiger partial charge in [0.25, 0.3) is 0 Å². The molecule has 0 amide bonds. The summed E-state index contributed by atoms with van der Waals surface area (Å²) in [6.07, 6.45) is 13.2. The van der Waals surface area contributed by atoms with Crippen molar-refractivity contribution in [3.63, 3.8) is 0 Å². The fourth-order valence-electron chi connectivity index (χ4n) is 4.98. The second-order valence-electron chi connectivity index (χ2n) is 7.66. The van der Waals surface area contributed by atoms with Crippen molar-refractivity contribution >= 4 is 0 Å². The number of nitrogens with one attached hydrogen (secondary N) is 1. The molecule has 2 saturated heterocycles. The molecule has 116 valence electrons. The Kier molecular flexibility index (Phi) is 5.39. The Hall–Kier alpha value is -0.0800. The van der Waals surface area contributed by atoms with Crippen molar-refractivity contribution in [1.82, 2.24) is 10.2 Å². The van der Waals surface area contributed by atoms with Gasteiger partial charge in [-0.1, -0.05) is 19.8 Å². The Morgan fingerprint density at radius 3 is 2.75 bits per heavy atom. The van der Waals surface area contributed by atoms with Crippen LogP contribution in [0.1, 0.15) is 64.7 Å². The monoisotopic (exact) mass is 278 g/mol. The van der Waals surface area contributed by atoms with E-state index in [2.05, 4.69) is 17.1 Å². The maximum atomic E-state index is 3.59. The van der Waals surface area contributed by atoms with Gasteiger partial charge >= 0.3 is 0 Å². The molecule has 0 radical (unpaired) electrons. The molecule has 0 aromatic rings. The molecule has 2 heterocycles. The lowest BCUT2D eigenvalue weighted by atomic mass is 9.78. The number of fused-ring (bicyclic) bond motifs is 1. The Balaban J connectivity index is 1.46. The maximum absolute atomic E-state index is 3.59. The van der Waals surface area contributed by atoms with Gasteiger partial charge in [0.05, 0.1) is 0 Å². The SMILES string of the molecule is CC(CCN1CCC[C@H]2CCCC[C@H]21)C1CCCNC1. The van der Waals surface area contributed by atoms with Gasteiger partial charge in [0.15, 0.2) is 0 Å². The van der Waals surface area contributed by atoms with Gasteiger partial charge in [-0.2, -0.15) is 0 Å². The minimum absolute atomic E-state index is 0.909. The molecule has 1 saturated carbocycles. The van der Waals surface area contributed by atoms with Crippen molar-refractivity contribution < 1.29 is 0 Å². The van der Waals surface area contributed by atoms with Crippen LogP contribution in [0.5, 0.6) is 0 Å². The van der Waals surface area contributed by atoms with Crippen molar-refractivity contribution in [3.8, 4) is 0 Å². The van der Waals surface area contributed by atoms with Crippen LogP contribution in [0.3, 0.4) is 0 Å². The van der Waals surface area contributed by atoms with E-state index in [0.29, 0.717) is 0 Å². The standard InChI is InChI=1S/C18H34N2/c1-15(17-7-4-11-19-14-17)10-13-20-12-5-8-16-6-2-3-9-18(16)20/h15-19H,2-14H2,1H3/t15?,16-,17?,18-/m1/s1. The fourth-order valence-corrected chi connectivity index (χ4v) is 4.98. The zero-order valence-electron chi connectivity index (χ0n) is 13.4. The van der Waals surface area contributed by atoms with Crippen LogP contribution in [-0.4, -0.2) is 37.1 Å². The predicted molar refractivity (Wildman–Crippen MR) is 85.9 cm³/mol. The van der Waals surface area contributed by atoms with Gasteiger partial charge in [0, 0.05) is 6.04 Å². The lowest BCUT2D eigenvalue weighted by Gasteiger charge is -2.44. The first kappa shape index (κ1) is 14.8. The lowest BCUT2D eigenvalue weighted by molar-refractivity contribution is 0.0537. The van der Waals surface area contributed by atoms with Crippen LogP contribution in [0.2, 0.25) is 0 Å². The Morgan fingerprint density at radius 2 is 1.90 bits per heavy atom. The zero-order chi connectivity index (χ0) is 13.8. The largest absolute Gasteiger partial charge is 0.316 e. The van der Waals surface area contributed by atoms with Crippen LogP contribution >= 0.6 is 0 Å². The third kappa shape index (κ3) is 3.57. The number of piperidine rings is 2. The summed E-state index contributed by atoms with van der Waals surface area (Å²) in [7, 11) is 0. The van der Waals surface area contributed by atoms with Crippen molar-refractivity contribution in [1.29, 1.82) is 0 Å². The van der Waals surface area contributed by atoms with E-state index in [1.165, 1.54) is 84.0 Å². The maximum Gasteiger partial charge on any atom is 0.0123 e. The number of nitrogens with zero attached hydrogens (tertiary/aromatic N) is 1. The normalized spacial score (nSPS) is 37.4. The molecule has 3 rings (SSSR count). The number of likely N-dealkylation sites (tertiary alicyclic amines) is 1. The predicted octanol–water partition coefficient (Wildman–Crippen LogP) is 3.67. The molecule has 2 aliphatic heterocycles. The summed E-state index contributed by atoms with van der Waals surface area (Å²) in [5.41, 5.74) is 0. The summed E-state index contributed by atoms with van der Waals surface area (Å²) >= 11 is 0. The zero-order valence-corrected chi connectivity index (χ0v) is 13.4. The minimum atomic E-state index is 0.909. The second-order valence-corrected chi connectivity index (χ2v) is 7.66. The summed E-state index contributed by atoms with van der Waals surface area (Å²) in [6, 6.07) is 0.953. The van der Waals surface area contributed by atoms with Crippen molar-refractivity contribution in [2.24, 2.45) is 17.8 Å². The molecule has 2 nitrogen and oxygen atoms in total. The van der Waals surface area contributed by atoms with E-state index in [1.807, 2.05) is 0 Å². The molecule has 1 aliphatic carbocycles. The van der Waals surface area contributed by atoms with Crippen LogP contribution in [0.25, 0.3) is 0 Å². The highest BCUT2D eigenvalue weighted by atomic mass is 15.2. The molecule has 4 atom stereocenters. The summed E-state index contributed by atoms with van der Waals surface area (Å²) < 4.78 is 0. The first-order valence-electron chi connectivity index (χ1n) is 9.29. The van der Waals surface area contributed by atoms with Crippen LogP contribution in [0.4, 0.5) is 0 Å². The minimum Gasteiger partial charge on any atom is -0.316 e. The van der Waals surface area contributed by atoms with E-state index < -0.39 is 0 Å². The smallest absolute Gasteiger partial charge is 0.0123 e. The fraction of sp³-hybridized carbons (Fsp3) is 1.00. The molecule has 0 aromatic carbocycles. The van der Waals surface area contributed by atoms with E-state index in [4.69, 9.17) is 0 Å².